The van der Waals surface area contributed by atoms with Gasteiger partial charge in [-0.1, -0.05) is 47.0 Å². The van der Waals surface area contributed by atoms with Crippen LogP contribution in [0, 0.1) is 41.8 Å². The number of anilines is 2. The first-order valence-corrected chi connectivity index (χ1v) is 20.1. The van der Waals surface area contributed by atoms with Crippen LogP contribution in [0.25, 0.3) is 20.7 Å². The van der Waals surface area contributed by atoms with Gasteiger partial charge in [0.2, 0.25) is 11.8 Å². The average molecular weight is 868 g/mol. The fourth-order valence-corrected chi connectivity index (χ4v) is 11.3. The monoisotopic (exact) mass is 866 g/mol. The summed E-state index contributed by atoms with van der Waals surface area (Å²) < 4.78 is 58.6. The normalized spacial score (nSPS) is 25.5. The highest BCUT2D eigenvalue weighted by molar-refractivity contribution is 7.22. The summed E-state index contributed by atoms with van der Waals surface area (Å²) in [5.41, 5.74) is -1.02. The smallest absolute Gasteiger partial charge is 0.433 e. The van der Waals surface area contributed by atoms with Crippen molar-refractivity contribution in [2.75, 3.05) is 17.0 Å². The Balaban J connectivity index is 1.13. The van der Waals surface area contributed by atoms with E-state index in [0.29, 0.717) is 22.4 Å². The summed E-state index contributed by atoms with van der Waals surface area (Å²) in [5, 5.41) is 18.8. The minimum Gasteiger partial charge on any atom is -0.505 e. The van der Waals surface area contributed by atoms with Crippen LogP contribution in [0.2, 0.25) is 10.0 Å². The van der Waals surface area contributed by atoms with Gasteiger partial charge in [0.15, 0.2) is 17.4 Å². The van der Waals surface area contributed by atoms with E-state index in [9.17, 15) is 32.7 Å². The minimum absolute atomic E-state index is 0.0193. The molecule has 11 nitrogen and oxygen atoms in total. The van der Waals surface area contributed by atoms with Crippen molar-refractivity contribution in [3.8, 4) is 16.3 Å². The van der Waals surface area contributed by atoms with E-state index in [0.717, 1.165) is 47.6 Å². The molecule has 0 spiro atoms. The lowest BCUT2D eigenvalue weighted by Crippen LogP contribution is -2.49. The number of rotatable bonds is 5. The molecule has 1 N–H and O–H groups in total. The molecule has 2 aliphatic heterocycles. The van der Waals surface area contributed by atoms with Gasteiger partial charge in [-0.25, -0.2) is 14.3 Å². The van der Waals surface area contributed by atoms with E-state index in [1.165, 1.54) is 35.2 Å². The second kappa shape index (κ2) is 13.3. The Kier molecular flexibility index (Phi) is 8.86. The molecule has 5 heterocycles. The molecule has 0 unspecified atom stereocenters. The van der Waals surface area contributed by atoms with Crippen LogP contribution in [0.15, 0.2) is 66.2 Å². The molecule has 304 valence electrons. The highest BCUT2D eigenvalue weighted by atomic mass is 35.5. The molecular formula is C41H32Cl2F4N6O5S. The maximum absolute atomic E-state index is 15.2. The van der Waals surface area contributed by atoms with Crippen molar-refractivity contribution in [2.45, 2.75) is 38.8 Å². The van der Waals surface area contributed by atoms with Gasteiger partial charge in [-0.15, -0.1) is 11.3 Å². The molecule has 59 heavy (non-hydrogen) atoms. The number of para-hydroxylation sites is 1. The number of halogens is 6. The van der Waals surface area contributed by atoms with Crippen LogP contribution in [0.1, 0.15) is 42.5 Å². The first kappa shape index (κ1) is 39.2. The van der Waals surface area contributed by atoms with Gasteiger partial charge >= 0.3 is 6.18 Å². The molecule has 4 amide bonds. The number of hydrogen-bond acceptors (Lipinski definition) is 9. The average Bonchev–Trinajstić information content (AvgIpc) is 3.85. The summed E-state index contributed by atoms with van der Waals surface area (Å²) >= 11 is 14.0. The van der Waals surface area contributed by atoms with Crippen molar-refractivity contribution in [2.24, 2.45) is 36.1 Å². The molecule has 6 atom stereocenters. The number of aromatic hydroxyl groups is 1. The molecule has 1 saturated carbocycles. The van der Waals surface area contributed by atoms with Gasteiger partial charge in [0.05, 0.1) is 33.1 Å². The van der Waals surface area contributed by atoms with Crippen molar-refractivity contribution < 1.29 is 41.8 Å². The zero-order valence-electron chi connectivity index (χ0n) is 31.5. The highest BCUT2D eigenvalue weighted by Crippen LogP contribution is 2.64. The number of imide groups is 2. The Morgan fingerprint density at radius 1 is 1.00 bits per heavy atom. The Bertz CT molecular complexity index is 2740. The molecule has 4 aliphatic rings. The highest BCUT2D eigenvalue weighted by Gasteiger charge is 2.68. The van der Waals surface area contributed by atoms with Crippen molar-refractivity contribution >= 4 is 79.9 Å². The van der Waals surface area contributed by atoms with E-state index in [1.807, 2.05) is 19.1 Å². The number of benzene rings is 2. The number of allylic oxidation sites excluding steroid dienone is 2. The predicted molar refractivity (Wildman–Crippen MR) is 211 cm³/mol. The van der Waals surface area contributed by atoms with Gasteiger partial charge < -0.3 is 5.11 Å². The molecule has 0 bridgehead atoms. The number of thiophene rings is 1. The van der Waals surface area contributed by atoms with E-state index < -0.39 is 87.9 Å². The number of aromatic nitrogens is 3. The summed E-state index contributed by atoms with van der Waals surface area (Å²) in [7, 11) is 2.81. The second-order valence-corrected chi connectivity index (χ2v) is 17.5. The second-order valence-electron chi connectivity index (χ2n) is 15.6. The number of amides is 4. The molecule has 5 aromatic rings. The first-order valence-electron chi connectivity index (χ1n) is 18.5. The third-order valence-electron chi connectivity index (χ3n) is 12.5. The van der Waals surface area contributed by atoms with E-state index >= 15 is 9.18 Å². The maximum atomic E-state index is 15.2. The molecule has 3 fully saturated rings. The molecule has 0 radical (unpaired) electrons. The Morgan fingerprint density at radius 2 is 1.75 bits per heavy atom. The Morgan fingerprint density at radius 3 is 2.47 bits per heavy atom. The fraction of sp³-hybridized carbons (Fsp3) is 0.317. The van der Waals surface area contributed by atoms with Crippen LogP contribution in [0.3, 0.4) is 0 Å². The number of alkyl halides is 3. The molecular weight excluding hydrogens is 835 g/mol. The van der Waals surface area contributed by atoms with Gasteiger partial charge in [0.25, 0.3) is 11.8 Å². The van der Waals surface area contributed by atoms with Crippen LogP contribution in [0.5, 0.6) is 5.75 Å². The minimum atomic E-state index is -4.85. The molecule has 2 saturated heterocycles. The number of aryl methyl sites for hydroxylation is 2. The number of hydrazine groups is 1. The topological polar surface area (TPSA) is 129 Å². The van der Waals surface area contributed by atoms with Gasteiger partial charge in [-0.05, 0) is 80.0 Å². The largest absolute Gasteiger partial charge is 0.505 e. The standard InChI is InChI=1S/C41H32Cl2F4N6O5S/c1-17-22-14-18(42)8-12-28(22)59-34(17)27-16-30(50(3)49-27)52-37(56)24-15-23-19(32(40(24,2)39(52)58)21-6-5-7-26(44)33(21)54)9-10-20-31(23)38(57)53(36(20)55)51(4)35-25(43)11-13-29(48-35)41(45,46)47/h5-9,11-14,16,20,23-24,31-32,54H,10,15H2,1-4H3/t20-,23+,24-,31-,32+,40+/m0/s1. The zero-order chi connectivity index (χ0) is 42.2. The number of fused-ring (bicyclic) bond motifs is 5. The maximum Gasteiger partial charge on any atom is 0.433 e. The molecule has 18 heteroatoms. The Hall–Kier alpha value is -5.32. The van der Waals surface area contributed by atoms with Gasteiger partial charge in [-0.3, -0.25) is 28.9 Å². The number of hydrogen-bond donors (Lipinski definition) is 1. The number of nitrogens with zero attached hydrogens (tertiary/aromatic N) is 6. The predicted octanol–water partition coefficient (Wildman–Crippen LogP) is 8.46. The SMILES string of the molecule is Cc1c(-c2cc(N3C(=O)[C@@H]4C[C@@H]5C(=CC[C@@H]6C(=O)N(N(C)c7nc(C(F)(F)F)ccc7Cl)C(=O)[C@@H]65)[C@H](c5cccc(F)c5O)[C@]4(C)C3=O)n(C)n2)sc2ccc(Cl)cc12. The van der Waals surface area contributed by atoms with E-state index in [2.05, 4.69) is 4.98 Å². The molecule has 2 aromatic carbocycles. The summed E-state index contributed by atoms with van der Waals surface area (Å²) in [5.74, 6) is -10.0. The zero-order valence-corrected chi connectivity index (χ0v) is 33.8. The number of phenols is 1. The van der Waals surface area contributed by atoms with Crippen LogP contribution in [0.4, 0.5) is 29.2 Å². The van der Waals surface area contributed by atoms with Crippen LogP contribution in [-0.4, -0.2) is 55.6 Å². The summed E-state index contributed by atoms with van der Waals surface area (Å²) in [6.45, 7) is 3.52. The van der Waals surface area contributed by atoms with Gasteiger partial charge in [0.1, 0.15) is 17.2 Å². The first-order chi connectivity index (χ1) is 27.8. The number of pyridine rings is 1. The summed E-state index contributed by atoms with van der Waals surface area (Å²) in [6, 6.07) is 12.7. The van der Waals surface area contributed by atoms with Crippen molar-refractivity contribution in [3.05, 3.63) is 98.9 Å². The lowest BCUT2D eigenvalue weighted by Gasteiger charge is -2.49. The molecule has 2 aliphatic carbocycles. The van der Waals surface area contributed by atoms with E-state index in [-0.39, 0.29) is 29.2 Å². The lowest BCUT2D eigenvalue weighted by molar-refractivity contribution is -0.141. The van der Waals surface area contributed by atoms with Crippen molar-refractivity contribution in [3.63, 3.8) is 0 Å². The number of carbonyl (C=O) groups is 4. The number of phenolic OH excluding ortho intramolecular Hbond substituents is 1. The van der Waals surface area contributed by atoms with Crippen LogP contribution >= 0.6 is 34.5 Å². The molecule has 9 rings (SSSR count). The van der Waals surface area contributed by atoms with Crippen LogP contribution in [-0.2, 0) is 32.4 Å². The van der Waals surface area contributed by atoms with Crippen LogP contribution < -0.4 is 9.91 Å². The van der Waals surface area contributed by atoms with E-state index in [1.54, 1.807) is 32.2 Å². The van der Waals surface area contributed by atoms with Crippen molar-refractivity contribution in [1.82, 2.24) is 19.8 Å². The van der Waals surface area contributed by atoms with Crippen molar-refractivity contribution in [1.29, 1.82) is 0 Å². The van der Waals surface area contributed by atoms with Gasteiger partial charge in [-0.2, -0.15) is 23.3 Å². The summed E-state index contributed by atoms with van der Waals surface area (Å²) in [4.78, 5) is 64.0. The van der Waals surface area contributed by atoms with Gasteiger partial charge in [0, 0.05) is 41.4 Å². The van der Waals surface area contributed by atoms with E-state index in [4.69, 9.17) is 28.3 Å². The number of carbonyl (C=O) groups excluding carboxylic acids is 4. The summed E-state index contributed by atoms with van der Waals surface area (Å²) in [6.07, 6.45) is -3.26. The third-order valence-corrected chi connectivity index (χ3v) is 14.3. The Labute approximate surface area is 347 Å². The molecule has 3 aromatic heterocycles. The fourth-order valence-electron chi connectivity index (χ4n) is 9.75. The quantitative estimate of drug-likeness (QED) is 0.106. The third kappa shape index (κ3) is 5.58. The lowest BCUT2D eigenvalue weighted by atomic mass is 9.51.